The van der Waals surface area contributed by atoms with Gasteiger partial charge in [0.15, 0.2) is 5.96 Å². The summed E-state index contributed by atoms with van der Waals surface area (Å²) in [5.74, 6) is -0.866. The summed E-state index contributed by atoms with van der Waals surface area (Å²) in [7, 11) is 1.48. The maximum Gasteiger partial charge on any atom is 0.416 e. The minimum Gasteiger partial charge on any atom is -0.352 e. The lowest BCUT2D eigenvalue weighted by Gasteiger charge is -2.16. The minimum absolute atomic E-state index is 0. The molecule has 0 aliphatic heterocycles. The highest BCUT2D eigenvalue weighted by atomic mass is 127. The van der Waals surface area contributed by atoms with Gasteiger partial charge in [0.25, 0.3) is 5.91 Å². The molecule has 5 nitrogen and oxygen atoms in total. The zero-order valence-corrected chi connectivity index (χ0v) is 18.8. The van der Waals surface area contributed by atoms with Crippen molar-refractivity contribution in [3.63, 3.8) is 0 Å². The molecule has 0 fully saturated rings. The molecule has 2 aromatic carbocycles. The number of nitrogens with one attached hydrogen (secondary N) is 3. The molecule has 2 aromatic rings. The molecule has 1 amide bonds. The normalized spacial score (nSPS) is 11.5. The molecule has 164 valence electrons. The van der Waals surface area contributed by atoms with Crippen LogP contribution in [0.2, 0.25) is 0 Å². The van der Waals surface area contributed by atoms with Crippen LogP contribution in [0.3, 0.4) is 0 Å². The van der Waals surface area contributed by atoms with Crippen molar-refractivity contribution in [3.05, 3.63) is 70.5 Å². The van der Waals surface area contributed by atoms with Gasteiger partial charge in [0.05, 0.1) is 5.56 Å². The van der Waals surface area contributed by atoms with E-state index in [0.29, 0.717) is 24.7 Å². The van der Waals surface area contributed by atoms with Gasteiger partial charge in [0, 0.05) is 32.2 Å². The molecule has 0 spiro atoms. The van der Waals surface area contributed by atoms with Crippen LogP contribution in [0.15, 0.2) is 47.5 Å². The van der Waals surface area contributed by atoms with Crippen LogP contribution >= 0.6 is 24.0 Å². The summed E-state index contributed by atoms with van der Waals surface area (Å²) in [6, 6.07) is 9.50. The second-order valence-electron chi connectivity index (χ2n) is 6.14. The van der Waals surface area contributed by atoms with E-state index in [1.54, 1.807) is 18.2 Å². The first-order chi connectivity index (χ1) is 13.7. The maximum atomic E-state index is 13.2. The first kappa shape index (κ1) is 25.7. The average Bonchev–Trinajstić information content (AvgIpc) is 2.68. The van der Waals surface area contributed by atoms with Gasteiger partial charge in [-0.3, -0.25) is 9.79 Å². The Morgan fingerprint density at radius 3 is 2.37 bits per heavy atom. The van der Waals surface area contributed by atoms with E-state index >= 15 is 0 Å². The van der Waals surface area contributed by atoms with Crippen molar-refractivity contribution < 1.29 is 22.4 Å². The monoisotopic (exact) mass is 538 g/mol. The minimum atomic E-state index is -4.66. The first-order valence-corrected chi connectivity index (χ1v) is 8.92. The van der Waals surface area contributed by atoms with Gasteiger partial charge in [-0.2, -0.15) is 13.2 Å². The fourth-order valence-electron chi connectivity index (χ4n) is 2.64. The number of aliphatic imine (C=N–C) groups is 1. The molecule has 10 heteroatoms. The Balaban J connectivity index is 0.00000450. The lowest BCUT2D eigenvalue weighted by molar-refractivity contribution is -0.138. The van der Waals surface area contributed by atoms with E-state index in [1.165, 1.54) is 7.05 Å². The summed E-state index contributed by atoms with van der Waals surface area (Å²) in [5, 5.41) is 8.47. The van der Waals surface area contributed by atoms with E-state index in [2.05, 4.69) is 20.9 Å². The third kappa shape index (κ3) is 7.47. The summed E-state index contributed by atoms with van der Waals surface area (Å²) in [6.45, 7) is 2.46. The van der Waals surface area contributed by atoms with Crippen LogP contribution in [0, 0.1) is 5.82 Å². The number of benzene rings is 2. The Morgan fingerprint density at radius 1 is 1.03 bits per heavy atom. The first-order valence-electron chi connectivity index (χ1n) is 8.92. The van der Waals surface area contributed by atoms with Gasteiger partial charge in [-0.25, -0.2) is 4.39 Å². The van der Waals surface area contributed by atoms with Crippen LogP contribution in [0.5, 0.6) is 0 Å². The standard InChI is InChI=1S/C20H22F4N4O.HI/c1-3-26-18(29)14-6-4-5-13(9-14)11-27-19(25-2)28-12-15-7-8-16(21)10-17(15)20(22,23)24;/h4-10H,3,11-12H2,1-2H3,(H,26,29)(H2,25,27,28);1H. The number of rotatable bonds is 6. The molecule has 0 aromatic heterocycles. The number of amides is 1. The molecule has 30 heavy (non-hydrogen) atoms. The molecule has 0 aliphatic carbocycles. The lowest BCUT2D eigenvalue weighted by atomic mass is 10.1. The number of carbonyl (C=O) groups is 1. The fourth-order valence-corrected chi connectivity index (χ4v) is 2.64. The zero-order valence-electron chi connectivity index (χ0n) is 16.4. The van der Waals surface area contributed by atoms with Gasteiger partial charge in [0.2, 0.25) is 0 Å². The SMILES string of the molecule is CCNC(=O)c1cccc(CNC(=NC)NCc2ccc(F)cc2C(F)(F)F)c1.I. The second kappa shape index (κ2) is 11.7. The highest BCUT2D eigenvalue weighted by Crippen LogP contribution is 2.32. The summed E-state index contributed by atoms with van der Waals surface area (Å²) in [6.07, 6.45) is -4.66. The molecule has 0 saturated heterocycles. The number of alkyl halides is 3. The predicted octanol–water partition coefficient (Wildman–Crippen LogP) is 4.08. The molecular weight excluding hydrogens is 515 g/mol. The number of halogens is 5. The van der Waals surface area contributed by atoms with Crippen molar-refractivity contribution in [2.24, 2.45) is 4.99 Å². The maximum absolute atomic E-state index is 13.2. The van der Waals surface area contributed by atoms with E-state index < -0.39 is 17.6 Å². The average molecular weight is 538 g/mol. The van der Waals surface area contributed by atoms with Crippen molar-refractivity contribution in [3.8, 4) is 0 Å². The molecule has 0 unspecified atom stereocenters. The van der Waals surface area contributed by atoms with Crippen molar-refractivity contribution in [2.75, 3.05) is 13.6 Å². The smallest absolute Gasteiger partial charge is 0.352 e. The van der Waals surface area contributed by atoms with Gasteiger partial charge >= 0.3 is 6.18 Å². The van der Waals surface area contributed by atoms with Crippen molar-refractivity contribution in [1.82, 2.24) is 16.0 Å². The fraction of sp³-hybridized carbons (Fsp3) is 0.300. The van der Waals surface area contributed by atoms with Crippen LogP contribution in [-0.4, -0.2) is 25.5 Å². The summed E-state index contributed by atoms with van der Waals surface area (Å²) >= 11 is 0. The molecular formula is C20H23F4IN4O. The molecule has 0 bridgehead atoms. The number of hydrogen-bond donors (Lipinski definition) is 3. The Bertz CT molecular complexity index is 887. The van der Waals surface area contributed by atoms with Gasteiger partial charge < -0.3 is 16.0 Å². The van der Waals surface area contributed by atoms with Crippen LogP contribution in [-0.2, 0) is 19.3 Å². The number of nitrogens with zero attached hydrogens (tertiary/aromatic N) is 1. The number of hydrogen-bond acceptors (Lipinski definition) is 2. The van der Waals surface area contributed by atoms with E-state index in [4.69, 9.17) is 0 Å². The lowest BCUT2D eigenvalue weighted by Crippen LogP contribution is -2.36. The molecule has 3 N–H and O–H groups in total. The summed E-state index contributed by atoms with van der Waals surface area (Å²) in [4.78, 5) is 15.9. The summed E-state index contributed by atoms with van der Waals surface area (Å²) < 4.78 is 52.5. The number of carbonyl (C=O) groups excluding carboxylic acids is 1. The van der Waals surface area contributed by atoms with Gasteiger partial charge in [0.1, 0.15) is 5.82 Å². The van der Waals surface area contributed by atoms with Gasteiger partial charge in [-0.05, 0) is 42.3 Å². The third-order valence-electron chi connectivity index (χ3n) is 4.03. The highest BCUT2D eigenvalue weighted by Gasteiger charge is 2.33. The topological polar surface area (TPSA) is 65.5 Å². The van der Waals surface area contributed by atoms with Crippen LogP contribution in [0.25, 0.3) is 0 Å². The molecule has 0 aliphatic rings. The Morgan fingerprint density at radius 2 is 1.73 bits per heavy atom. The van der Waals surface area contributed by atoms with E-state index in [-0.39, 0.29) is 48.0 Å². The summed E-state index contributed by atoms with van der Waals surface area (Å²) in [5.41, 5.74) is 0.180. The van der Waals surface area contributed by atoms with Gasteiger partial charge in [-0.1, -0.05) is 18.2 Å². The van der Waals surface area contributed by atoms with E-state index in [1.807, 2.05) is 13.0 Å². The van der Waals surface area contributed by atoms with Crippen LogP contribution in [0.4, 0.5) is 17.6 Å². The Kier molecular flexibility index (Phi) is 10.0. The van der Waals surface area contributed by atoms with Crippen LogP contribution < -0.4 is 16.0 Å². The van der Waals surface area contributed by atoms with E-state index in [0.717, 1.165) is 17.7 Å². The van der Waals surface area contributed by atoms with Crippen molar-refractivity contribution in [2.45, 2.75) is 26.2 Å². The molecule has 0 atom stereocenters. The molecule has 0 heterocycles. The quantitative estimate of drug-likeness (QED) is 0.225. The highest BCUT2D eigenvalue weighted by molar-refractivity contribution is 14.0. The third-order valence-corrected chi connectivity index (χ3v) is 4.03. The predicted molar refractivity (Wildman–Crippen MR) is 118 cm³/mol. The van der Waals surface area contributed by atoms with Crippen molar-refractivity contribution >= 4 is 35.8 Å². The largest absolute Gasteiger partial charge is 0.416 e. The Labute approximate surface area is 189 Å². The molecule has 0 saturated carbocycles. The molecule has 2 rings (SSSR count). The van der Waals surface area contributed by atoms with E-state index in [9.17, 15) is 22.4 Å². The molecule has 0 radical (unpaired) electrons. The zero-order chi connectivity index (χ0) is 21.4. The van der Waals surface area contributed by atoms with Gasteiger partial charge in [-0.15, -0.1) is 24.0 Å². The number of guanidine groups is 1. The van der Waals surface area contributed by atoms with Crippen molar-refractivity contribution in [1.29, 1.82) is 0 Å². The Hall–Kier alpha value is -2.37. The van der Waals surface area contributed by atoms with Crippen LogP contribution in [0.1, 0.15) is 34.0 Å². The second-order valence-corrected chi connectivity index (χ2v) is 6.14.